The number of hydrogen-bond acceptors (Lipinski definition) is 3. The van der Waals surface area contributed by atoms with Crippen molar-refractivity contribution in [2.45, 2.75) is 19.3 Å². The molecule has 0 aliphatic carbocycles. The lowest BCUT2D eigenvalue weighted by atomic mass is 10.1. The van der Waals surface area contributed by atoms with Crippen molar-refractivity contribution in [1.29, 1.82) is 0 Å². The highest BCUT2D eigenvalue weighted by Crippen LogP contribution is 2.21. The van der Waals surface area contributed by atoms with E-state index < -0.39 is 0 Å². The molecule has 4 nitrogen and oxygen atoms in total. The Morgan fingerprint density at radius 2 is 2.33 bits per heavy atom. The molecular formula is C11H20N2O2. The van der Waals surface area contributed by atoms with Crippen molar-refractivity contribution >= 4 is 5.91 Å². The summed E-state index contributed by atoms with van der Waals surface area (Å²) >= 11 is 0. The highest BCUT2D eigenvalue weighted by atomic mass is 16.5. The van der Waals surface area contributed by atoms with E-state index in [4.69, 9.17) is 10.5 Å². The minimum absolute atomic E-state index is 0.282. The van der Waals surface area contributed by atoms with Crippen LogP contribution in [0.15, 0.2) is 0 Å². The number of rotatable bonds is 4. The Labute approximate surface area is 90.8 Å². The largest absolute Gasteiger partial charge is 0.381 e. The second-order valence-electron chi connectivity index (χ2n) is 4.66. The van der Waals surface area contributed by atoms with E-state index in [2.05, 4.69) is 0 Å². The summed E-state index contributed by atoms with van der Waals surface area (Å²) in [6.45, 7) is 4.16. The number of nitrogens with zero attached hydrogens (tertiary/aromatic N) is 1. The van der Waals surface area contributed by atoms with Crippen molar-refractivity contribution in [1.82, 2.24) is 4.90 Å². The predicted octanol–water partition coefficient (Wildman–Crippen LogP) is 0.220. The van der Waals surface area contributed by atoms with E-state index in [1.54, 1.807) is 0 Å². The van der Waals surface area contributed by atoms with Gasteiger partial charge in [-0.1, -0.05) is 0 Å². The molecule has 2 unspecified atom stereocenters. The maximum Gasteiger partial charge on any atom is 0.222 e. The van der Waals surface area contributed by atoms with Gasteiger partial charge in [-0.05, 0) is 31.2 Å². The summed E-state index contributed by atoms with van der Waals surface area (Å²) in [4.78, 5) is 13.6. The van der Waals surface area contributed by atoms with Crippen molar-refractivity contribution in [2.24, 2.45) is 17.6 Å². The zero-order chi connectivity index (χ0) is 10.7. The van der Waals surface area contributed by atoms with Crippen LogP contribution in [0.4, 0.5) is 0 Å². The molecule has 2 N–H and O–H groups in total. The van der Waals surface area contributed by atoms with E-state index in [0.29, 0.717) is 24.8 Å². The Morgan fingerprint density at radius 3 is 2.93 bits per heavy atom. The van der Waals surface area contributed by atoms with Gasteiger partial charge in [-0.25, -0.2) is 0 Å². The molecule has 4 heteroatoms. The minimum Gasteiger partial charge on any atom is -0.381 e. The number of carbonyl (C=O) groups excluding carboxylic acids is 1. The van der Waals surface area contributed by atoms with Crippen LogP contribution in [-0.2, 0) is 9.53 Å². The molecule has 0 spiro atoms. The van der Waals surface area contributed by atoms with Gasteiger partial charge in [-0.2, -0.15) is 0 Å². The lowest BCUT2D eigenvalue weighted by Gasteiger charge is -2.18. The van der Waals surface area contributed by atoms with Crippen LogP contribution in [0, 0.1) is 11.8 Å². The highest BCUT2D eigenvalue weighted by molar-refractivity contribution is 5.78. The van der Waals surface area contributed by atoms with Gasteiger partial charge < -0.3 is 15.4 Å². The second kappa shape index (κ2) is 4.94. The molecule has 2 aliphatic heterocycles. The molecule has 1 amide bonds. The number of amides is 1. The van der Waals surface area contributed by atoms with E-state index in [9.17, 15) is 4.79 Å². The summed E-state index contributed by atoms with van der Waals surface area (Å²) in [5, 5.41) is 0. The van der Waals surface area contributed by atoms with Crippen molar-refractivity contribution < 1.29 is 9.53 Å². The normalized spacial score (nSPS) is 31.5. The fraction of sp³-hybridized carbons (Fsp3) is 0.909. The summed E-state index contributed by atoms with van der Waals surface area (Å²) in [6, 6.07) is 0. The van der Waals surface area contributed by atoms with E-state index in [1.807, 2.05) is 4.90 Å². The van der Waals surface area contributed by atoms with Gasteiger partial charge in [0.25, 0.3) is 0 Å². The van der Waals surface area contributed by atoms with Crippen molar-refractivity contribution in [2.75, 3.05) is 32.8 Å². The van der Waals surface area contributed by atoms with Gasteiger partial charge in [0.15, 0.2) is 0 Å². The Morgan fingerprint density at radius 1 is 1.47 bits per heavy atom. The van der Waals surface area contributed by atoms with Crippen LogP contribution in [0.3, 0.4) is 0 Å². The van der Waals surface area contributed by atoms with Crippen molar-refractivity contribution in [3.8, 4) is 0 Å². The van der Waals surface area contributed by atoms with Crippen molar-refractivity contribution in [3.05, 3.63) is 0 Å². The molecule has 86 valence electrons. The summed E-state index contributed by atoms with van der Waals surface area (Å²) in [5.41, 5.74) is 5.58. The van der Waals surface area contributed by atoms with E-state index >= 15 is 0 Å². The summed E-state index contributed by atoms with van der Waals surface area (Å²) in [6.07, 6.45) is 2.89. The third kappa shape index (κ3) is 2.69. The standard InChI is InChI=1S/C11H20N2O2/c12-6-10-5-11(14)13(7-10)3-1-9-2-4-15-8-9/h9-10H,1-8,12H2. The molecule has 0 aromatic carbocycles. The first-order valence-electron chi connectivity index (χ1n) is 5.85. The van der Waals surface area contributed by atoms with Gasteiger partial charge in [-0.3, -0.25) is 4.79 Å². The van der Waals surface area contributed by atoms with Gasteiger partial charge in [0.2, 0.25) is 5.91 Å². The molecule has 2 saturated heterocycles. The van der Waals surface area contributed by atoms with Crippen LogP contribution in [0.2, 0.25) is 0 Å². The number of nitrogens with two attached hydrogens (primary N) is 1. The lowest BCUT2D eigenvalue weighted by molar-refractivity contribution is -0.127. The monoisotopic (exact) mass is 212 g/mol. The predicted molar refractivity (Wildman–Crippen MR) is 57.3 cm³/mol. The zero-order valence-electron chi connectivity index (χ0n) is 9.15. The first-order valence-corrected chi connectivity index (χ1v) is 5.85. The van der Waals surface area contributed by atoms with Crippen LogP contribution < -0.4 is 5.73 Å². The quantitative estimate of drug-likeness (QED) is 0.725. The van der Waals surface area contributed by atoms with Crippen LogP contribution >= 0.6 is 0 Å². The SMILES string of the molecule is NCC1CC(=O)N(CCC2CCOC2)C1. The smallest absolute Gasteiger partial charge is 0.222 e. The Hall–Kier alpha value is -0.610. The average Bonchev–Trinajstić information content (AvgIpc) is 2.84. The molecular weight excluding hydrogens is 192 g/mol. The van der Waals surface area contributed by atoms with Crippen molar-refractivity contribution in [3.63, 3.8) is 0 Å². The molecule has 2 rings (SSSR count). The van der Waals surface area contributed by atoms with Crippen LogP contribution in [0.5, 0.6) is 0 Å². The zero-order valence-corrected chi connectivity index (χ0v) is 9.15. The summed E-state index contributed by atoms with van der Waals surface area (Å²) < 4.78 is 5.32. The summed E-state index contributed by atoms with van der Waals surface area (Å²) in [7, 11) is 0. The molecule has 0 radical (unpaired) electrons. The number of ether oxygens (including phenoxy) is 1. The van der Waals surface area contributed by atoms with Gasteiger partial charge >= 0.3 is 0 Å². The highest BCUT2D eigenvalue weighted by Gasteiger charge is 2.29. The first kappa shape index (κ1) is 10.9. The Balaban J connectivity index is 1.72. The molecule has 15 heavy (non-hydrogen) atoms. The molecule has 2 atom stereocenters. The minimum atomic E-state index is 0.282. The van der Waals surface area contributed by atoms with E-state index in [1.165, 1.54) is 0 Å². The molecule has 0 saturated carbocycles. The number of hydrogen-bond donors (Lipinski definition) is 1. The van der Waals surface area contributed by atoms with E-state index in [0.717, 1.165) is 39.1 Å². The van der Waals surface area contributed by atoms with Crippen LogP contribution in [0.25, 0.3) is 0 Å². The molecule has 0 aromatic rings. The average molecular weight is 212 g/mol. The maximum absolute atomic E-state index is 11.6. The topological polar surface area (TPSA) is 55.6 Å². The maximum atomic E-state index is 11.6. The fourth-order valence-electron chi connectivity index (χ4n) is 2.38. The number of likely N-dealkylation sites (tertiary alicyclic amines) is 1. The third-order valence-electron chi connectivity index (χ3n) is 3.46. The van der Waals surface area contributed by atoms with Gasteiger partial charge in [0.1, 0.15) is 0 Å². The van der Waals surface area contributed by atoms with Gasteiger partial charge in [-0.15, -0.1) is 0 Å². The molecule has 0 bridgehead atoms. The molecule has 0 aromatic heterocycles. The van der Waals surface area contributed by atoms with Gasteiger partial charge in [0, 0.05) is 32.7 Å². The first-order chi connectivity index (χ1) is 7.29. The molecule has 2 heterocycles. The third-order valence-corrected chi connectivity index (χ3v) is 3.46. The Kier molecular flexibility index (Phi) is 3.59. The molecule has 2 aliphatic rings. The second-order valence-corrected chi connectivity index (χ2v) is 4.66. The lowest BCUT2D eigenvalue weighted by Crippen LogP contribution is -2.28. The molecule has 2 fully saturated rings. The van der Waals surface area contributed by atoms with Gasteiger partial charge in [0.05, 0.1) is 0 Å². The fourth-order valence-corrected chi connectivity index (χ4v) is 2.38. The Bertz CT molecular complexity index is 227. The summed E-state index contributed by atoms with van der Waals surface area (Å²) in [5.74, 6) is 1.33. The van der Waals surface area contributed by atoms with E-state index in [-0.39, 0.29) is 5.91 Å². The number of carbonyl (C=O) groups is 1. The van der Waals surface area contributed by atoms with Crippen LogP contribution in [0.1, 0.15) is 19.3 Å². The van der Waals surface area contributed by atoms with Crippen LogP contribution in [-0.4, -0.2) is 43.7 Å².